The van der Waals surface area contributed by atoms with E-state index in [0.717, 1.165) is 0 Å². The van der Waals surface area contributed by atoms with E-state index < -0.39 is 54.4 Å². The number of rotatable bonds is 8. The van der Waals surface area contributed by atoms with E-state index in [2.05, 4.69) is 36.9 Å². The number of phosphoric acid groups is 3. The predicted molar refractivity (Wildman–Crippen MR) is 99.8 cm³/mol. The number of hydrogen-bond acceptors (Lipinski definition) is 10. The minimum atomic E-state index is -5.66. The summed E-state index contributed by atoms with van der Waals surface area (Å²) in [7, 11) is -16.5. The van der Waals surface area contributed by atoms with Gasteiger partial charge in [0.15, 0.2) is 0 Å². The first kappa shape index (κ1) is 25.9. The zero-order valence-electron chi connectivity index (χ0n) is 15.7. The lowest BCUT2D eigenvalue weighted by molar-refractivity contribution is -0.118. The van der Waals surface area contributed by atoms with Gasteiger partial charge in [-0.1, -0.05) is 12.5 Å². The van der Waals surface area contributed by atoms with E-state index in [1.165, 1.54) is 18.0 Å². The van der Waals surface area contributed by atoms with Crippen LogP contribution in [0.4, 0.5) is 0 Å². The quantitative estimate of drug-likeness (QED) is 0.183. The maximum atomic E-state index is 11.8. The molecule has 0 aromatic heterocycles. The molecule has 5 atom stereocenters. The van der Waals surface area contributed by atoms with Gasteiger partial charge in [-0.05, 0) is 6.92 Å². The second kappa shape index (κ2) is 9.64. The van der Waals surface area contributed by atoms with Crippen molar-refractivity contribution >= 4 is 29.4 Å². The number of phosphoric ester groups is 1. The maximum absolute atomic E-state index is 11.8. The van der Waals surface area contributed by atoms with Crippen LogP contribution in [0.2, 0.25) is 0 Å². The van der Waals surface area contributed by atoms with Gasteiger partial charge < -0.3 is 39.6 Å². The molecule has 174 valence electrons. The Morgan fingerprint density at radius 3 is 2.48 bits per heavy atom. The Bertz CT molecular complexity index is 979. The molecule has 0 radical (unpaired) electrons. The average Bonchev–Trinajstić information content (AvgIpc) is 2.93. The molecule has 0 aromatic rings. The highest BCUT2D eigenvalue weighted by atomic mass is 31.3. The highest BCUT2D eigenvalue weighted by Crippen LogP contribution is 2.66. The van der Waals surface area contributed by atoms with Crippen LogP contribution < -0.4 is 5.32 Å². The fourth-order valence-electron chi connectivity index (χ4n) is 2.53. The third kappa shape index (κ3) is 7.62. The van der Waals surface area contributed by atoms with Crippen LogP contribution in [0.3, 0.4) is 0 Å². The molecule has 31 heavy (non-hydrogen) atoms. The van der Waals surface area contributed by atoms with Crippen molar-refractivity contribution in [1.82, 2.24) is 10.2 Å². The van der Waals surface area contributed by atoms with E-state index in [-0.39, 0.29) is 17.8 Å². The minimum absolute atomic E-state index is 0.0529. The van der Waals surface area contributed by atoms with Gasteiger partial charge >= 0.3 is 23.5 Å². The standard InChI is InChI=1S/C13H19N2O13P3/c1-3-4-9-6-15(8(2)14-13(9)17)12-5-10(16)11(26-12)7-25-30(21,22)28-31(23,24)27-29(18,19)20/h6,10-12,16H,2,5,7H2,1H3,(H,14,17)(H,21,22)(H,23,24)(H2,18,19,20). The first-order chi connectivity index (χ1) is 14.1. The van der Waals surface area contributed by atoms with Crippen molar-refractivity contribution in [2.75, 3.05) is 6.61 Å². The van der Waals surface area contributed by atoms with Gasteiger partial charge in [-0.3, -0.25) is 9.32 Å². The average molecular weight is 504 g/mol. The van der Waals surface area contributed by atoms with E-state index >= 15 is 0 Å². The first-order valence-corrected chi connectivity index (χ1v) is 12.7. The van der Waals surface area contributed by atoms with Crippen molar-refractivity contribution in [3.05, 3.63) is 24.2 Å². The maximum Gasteiger partial charge on any atom is 0.490 e. The molecule has 18 heteroatoms. The SMILES string of the molecule is C=C1NC(=O)C(C#CC)=CN1C1CC(O)C(COP(=O)(O)OP(=O)(O)OP(=O)(O)O)O1. The first-order valence-electron chi connectivity index (χ1n) is 8.17. The van der Waals surface area contributed by atoms with Crippen LogP contribution in [-0.2, 0) is 36.4 Å². The van der Waals surface area contributed by atoms with Gasteiger partial charge in [0.1, 0.15) is 23.7 Å². The molecule has 2 heterocycles. The molecule has 1 fully saturated rings. The third-order valence-corrected chi connectivity index (χ3v) is 7.48. The Morgan fingerprint density at radius 1 is 1.26 bits per heavy atom. The number of aliphatic hydroxyl groups excluding tert-OH is 1. The zero-order valence-corrected chi connectivity index (χ0v) is 18.4. The molecule has 1 amide bonds. The summed E-state index contributed by atoms with van der Waals surface area (Å²) in [5.41, 5.74) is 0.102. The lowest BCUT2D eigenvalue weighted by Crippen LogP contribution is -2.43. The zero-order chi connectivity index (χ0) is 23.6. The van der Waals surface area contributed by atoms with Crippen LogP contribution in [0.5, 0.6) is 0 Å². The molecule has 0 spiro atoms. The molecule has 2 rings (SSSR count). The van der Waals surface area contributed by atoms with Gasteiger partial charge in [0.05, 0.1) is 12.7 Å². The van der Waals surface area contributed by atoms with Crippen molar-refractivity contribution in [3.63, 3.8) is 0 Å². The third-order valence-electron chi connectivity index (χ3n) is 3.67. The summed E-state index contributed by atoms with van der Waals surface area (Å²) in [6.45, 7) is 4.36. The second-order valence-electron chi connectivity index (χ2n) is 6.04. The number of carbonyl (C=O) groups excluding carboxylic acids is 1. The van der Waals surface area contributed by atoms with Crippen LogP contribution in [-0.4, -0.2) is 60.5 Å². The fourth-order valence-corrected chi connectivity index (χ4v) is 5.56. The number of carbonyl (C=O) groups is 1. The summed E-state index contributed by atoms with van der Waals surface area (Å²) in [5.74, 6) is 4.78. The van der Waals surface area contributed by atoms with Crippen LogP contribution in [0.1, 0.15) is 13.3 Å². The molecular formula is C13H19N2O13P3. The summed E-state index contributed by atoms with van der Waals surface area (Å²) in [5, 5.41) is 12.6. The lowest BCUT2D eigenvalue weighted by atomic mass is 10.1. The Labute approximate surface area is 175 Å². The number of hydrogen-bond donors (Lipinski definition) is 6. The number of amides is 1. The topological polar surface area (TPSA) is 222 Å². The van der Waals surface area contributed by atoms with E-state index in [1.54, 1.807) is 0 Å². The molecule has 6 N–H and O–H groups in total. The van der Waals surface area contributed by atoms with Crippen molar-refractivity contribution in [2.45, 2.75) is 31.8 Å². The molecule has 5 unspecified atom stereocenters. The molecule has 1 saturated heterocycles. The van der Waals surface area contributed by atoms with E-state index in [0.29, 0.717) is 0 Å². The molecule has 2 aliphatic heterocycles. The van der Waals surface area contributed by atoms with Crippen molar-refractivity contribution in [1.29, 1.82) is 0 Å². The molecule has 0 bridgehead atoms. The smallest absolute Gasteiger partial charge is 0.390 e. The van der Waals surface area contributed by atoms with Crippen LogP contribution in [0.15, 0.2) is 24.2 Å². The Balaban J connectivity index is 2.02. The largest absolute Gasteiger partial charge is 0.490 e. The summed E-state index contributed by atoms with van der Waals surface area (Å²) < 4.78 is 50.9. The second-order valence-corrected chi connectivity index (χ2v) is 10.5. The molecular weight excluding hydrogens is 485 g/mol. The van der Waals surface area contributed by atoms with E-state index in [9.17, 15) is 28.5 Å². The Kier molecular flexibility index (Phi) is 8.05. The van der Waals surface area contributed by atoms with Crippen LogP contribution >= 0.6 is 23.5 Å². The minimum Gasteiger partial charge on any atom is -0.390 e. The number of ether oxygens (including phenoxy) is 1. The molecule has 0 aliphatic carbocycles. The van der Waals surface area contributed by atoms with Gasteiger partial charge in [0.2, 0.25) is 0 Å². The van der Waals surface area contributed by atoms with Gasteiger partial charge in [-0.25, -0.2) is 13.7 Å². The molecule has 15 nitrogen and oxygen atoms in total. The summed E-state index contributed by atoms with van der Waals surface area (Å²) in [6, 6.07) is 0. The van der Waals surface area contributed by atoms with Crippen molar-refractivity contribution < 1.29 is 61.1 Å². The highest BCUT2D eigenvalue weighted by molar-refractivity contribution is 7.66. The molecule has 0 saturated carbocycles. The lowest BCUT2D eigenvalue weighted by Gasteiger charge is -2.32. The van der Waals surface area contributed by atoms with E-state index in [1.807, 2.05) is 0 Å². The van der Waals surface area contributed by atoms with Gasteiger partial charge in [0, 0.05) is 12.6 Å². The number of aliphatic hydroxyl groups is 1. The number of nitrogens with zero attached hydrogens (tertiary/aromatic N) is 1. The molecule has 0 aromatic carbocycles. The Morgan fingerprint density at radius 2 is 1.90 bits per heavy atom. The van der Waals surface area contributed by atoms with Gasteiger partial charge in [-0.2, -0.15) is 8.62 Å². The van der Waals surface area contributed by atoms with Crippen LogP contribution in [0.25, 0.3) is 0 Å². The van der Waals surface area contributed by atoms with Crippen molar-refractivity contribution in [3.8, 4) is 11.8 Å². The van der Waals surface area contributed by atoms with Gasteiger partial charge in [-0.15, -0.1) is 5.92 Å². The fraction of sp³-hybridized carbons (Fsp3) is 0.462. The van der Waals surface area contributed by atoms with E-state index in [4.69, 9.17) is 19.4 Å². The summed E-state index contributed by atoms with van der Waals surface area (Å²) in [6.07, 6.45) is -2.06. The van der Waals surface area contributed by atoms with Crippen molar-refractivity contribution in [2.24, 2.45) is 0 Å². The van der Waals surface area contributed by atoms with Gasteiger partial charge in [0.25, 0.3) is 5.91 Å². The highest BCUT2D eigenvalue weighted by Gasteiger charge is 2.43. The predicted octanol–water partition coefficient (Wildman–Crippen LogP) is -0.384. The number of nitrogens with one attached hydrogen (secondary N) is 1. The summed E-state index contributed by atoms with van der Waals surface area (Å²) in [4.78, 5) is 48.8. The molecule has 2 aliphatic rings. The normalized spacial score (nSPS) is 28.1. The summed E-state index contributed by atoms with van der Waals surface area (Å²) >= 11 is 0. The monoisotopic (exact) mass is 504 g/mol. The Hall–Kier alpha value is -1.36. The van der Waals surface area contributed by atoms with Crippen LogP contribution in [0, 0.1) is 11.8 Å².